The number of nitrogens with one attached hydrogen (secondary N) is 2. The number of halogens is 1. The van der Waals surface area contributed by atoms with E-state index >= 15 is 0 Å². The van der Waals surface area contributed by atoms with Gasteiger partial charge in [-0.25, -0.2) is 0 Å². The van der Waals surface area contributed by atoms with E-state index < -0.39 is 5.91 Å². The van der Waals surface area contributed by atoms with Crippen molar-refractivity contribution in [3.8, 4) is 11.8 Å². The van der Waals surface area contributed by atoms with Crippen LogP contribution in [-0.2, 0) is 11.3 Å². The Bertz CT molecular complexity index is 824. The lowest BCUT2D eigenvalue weighted by molar-refractivity contribution is -0.117. The van der Waals surface area contributed by atoms with Gasteiger partial charge in [0.25, 0.3) is 5.91 Å². The van der Waals surface area contributed by atoms with Crippen LogP contribution in [0, 0.1) is 18.3 Å². The number of amides is 1. The fraction of sp³-hybridized carbons (Fsp3) is 0.158. The molecular formula is C19H18BrN3O2. The minimum Gasteiger partial charge on any atom is -0.497 e. The second-order valence-corrected chi connectivity index (χ2v) is 6.16. The van der Waals surface area contributed by atoms with Gasteiger partial charge >= 0.3 is 0 Å². The molecule has 0 atom stereocenters. The number of benzene rings is 2. The maximum atomic E-state index is 12.1. The average Bonchev–Trinajstić information content (AvgIpc) is 2.63. The number of carbonyl (C=O) groups is 1. The number of hydrogen-bond acceptors (Lipinski definition) is 4. The molecule has 0 spiro atoms. The van der Waals surface area contributed by atoms with Gasteiger partial charge in [-0.3, -0.25) is 4.79 Å². The van der Waals surface area contributed by atoms with E-state index in [0.717, 1.165) is 27.0 Å². The molecule has 2 aromatic carbocycles. The van der Waals surface area contributed by atoms with Gasteiger partial charge in [0.2, 0.25) is 0 Å². The summed E-state index contributed by atoms with van der Waals surface area (Å²) < 4.78 is 6.09. The van der Waals surface area contributed by atoms with Crippen molar-refractivity contribution in [2.45, 2.75) is 13.5 Å². The number of aryl methyl sites for hydroxylation is 1. The number of nitrogens with zero attached hydrogens (tertiary/aromatic N) is 1. The summed E-state index contributed by atoms with van der Waals surface area (Å²) in [5.41, 5.74) is 2.79. The third kappa shape index (κ3) is 5.37. The van der Waals surface area contributed by atoms with Crippen LogP contribution in [0.15, 0.2) is 58.7 Å². The zero-order chi connectivity index (χ0) is 18.2. The predicted octanol–water partition coefficient (Wildman–Crippen LogP) is 3.90. The maximum absolute atomic E-state index is 12.1. The summed E-state index contributed by atoms with van der Waals surface area (Å²) in [6.07, 6.45) is 1.41. The molecule has 0 radical (unpaired) electrons. The van der Waals surface area contributed by atoms with E-state index in [1.54, 1.807) is 7.11 Å². The van der Waals surface area contributed by atoms with Crippen LogP contribution in [0.5, 0.6) is 5.75 Å². The second-order valence-electron chi connectivity index (χ2n) is 5.31. The van der Waals surface area contributed by atoms with Crippen LogP contribution in [0.25, 0.3) is 0 Å². The Morgan fingerprint density at radius 1 is 1.28 bits per heavy atom. The van der Waals surface area contributed by atoms with Gasteiger partial charge in [0.15, 0.2) is 0 Å². The van der Waals surface area contributed by atoms with Crippen molar-refractivity contribution < 1.29 is 9.53 Å². The van der Waals surface area contributed by atoms with Crippen molar-refractivity contribution in [1.82, 2.24) is 5.32 Å². The van der Waals surface area contributed by atoms with Crippen molar-refractivity contribution >= 4 is 27.5 Å². The van der Waals surface area contributed by atoms with E-state index in [2.05, 4.69) is 26.6 Å². The highest BCUT2D eigenvalue weighted by atomic mass is 79.9. The lowest BCUT2D eigenvalue weighted by Gasteiger charge is -2.07. The third-order valence-corrected chi connectivity index (χ3v) is 4.41. The molecule has 2 N–H and O–H groups in total. The molecule has 0 unspecified atom stereocenters. The molecule has 0 aliphatic heterocycles. The molecule has 25 heavy (non-hydrogen) atoms. The van der Waals surface area contributed by atoms with Gasteiger partial charge in [-0.1, -0.05) is 28.1 Å². The van der Waals surface area contributed by atoms with Crippen LogP contribution < -0.4 is 15.4 Å². The third-order valence-electron chi connectivity index (χ3n) is 3.52. The lowest BCUT2D eigenvalue weighted by Crippen LogP contribution is -2.24. The van der Waals surface area contributed by atoms with Gasteiger partial charge in [0, 0.05) is 22.9 Å². The van der Waals surface area contributed by atoms with Crippen molar-refractivity contribution in [3.05, 3.63) is 69.8 Å². The summed E-state index contributed by atoms with van der Waals surface area (Å²) in [5.74, 6) is 0.321. The Morgan fingerprint density at radius 3 is 2.60 bits per heavy atom. The molecular weight excluding hydrogens is 382 g/mol. The molecule has 2 aromatic rings. The van der Waals surface area contributed by atoms with Gasteiger partial charge in [-0.15, -0.1) is 0 Å². The van der Waals surface area contributed by atoms with E-state index in [0.29, 0.717) is 6.54 Å². The quantitative estimate of drug-likeness (QED) is 0.570. The fourth-order valence-corrected chi connectivity index (χ4v) is 2.31. The van der Waals surface area contributed by atoms with Crippen LogP contribution >= 0.6 is 15.9 Å². The van der Waals surface area contributed by atoms with Crippen LogP contribution in [-0.4, -0.2) is 13.0 Å². The van der Waals surface area contributed by atoms with Gasteiger partial charge in [-0.2, -0.15) is 5.26 Å². The van der Waals surface area contributed by atoms with Gasteiger partial charge in [-0.05, 0) is 48.4 Å². The van der Waals surface area contributed by atoms with Crippen molar-refractivity contribution in [2.75, 3.05) is 12.4 Å². The van der Waals surface area contributed by atoms with E-state index in [1.165, 1.54) is 6.20 Å². The first-order valence-electron chi connectivity index (χ1n) is 7.57. The van der Waals surface area contributed by atoms with Crippen LogP contribution in [0.3, 0.4) is 0 Å². The summed E-state index contributed by atoms with van der Waals surface area (Å²) in [7, 11) is 1.60. The van der Waals surface area contributed by atoms with Crippen LogP contribution in [0.1, 0.15) is 11.1 Å². The SMILES string of the molecule is COc1ccc(CNC(=O)/C(C#N)=C\Nc2ccc(Br)c(C)c2)cc1. The van der Waals surface area contributed by atoms with E-state index in [4.69, 9.17) is 4.74 Å². The van der Waals surface area contributed by atoms with Crippen LogP contribution in [0.2, 0.25) is 0 Å². The second kappa shape index (κ2) is 8.90. The monoisotopic (exact) mass is 399 g/mol. The van der Waals surface area contributed by atoms with Crippen molar-refractivity contribution in [2.24, 2.45) is 0 Å². The zero-order valence-corrected chi connectivity index (χ0v) is 15.6. The van der Waals surface area contributed by atoms with E-state index in [1.807, 2.05) is 55.5 Å². The Morgan fingerprint density at radius 2 is 2.00 bits per heavy atom. The number of rotatable bonds is 6. The highest BCUT2D eigenvalue weighted by Gasteiger charge is 2.08. The number of methoxy groups -OCH3 is 1. The number of ether oxygens (including phenoxy) is 1. The number of anilines is 1. The molecule has 1 amide bonds. The largest absolute Gasteiger partial charge is 0.497 e. The molecule has 0 bridgehead atoms. The molecule has 0 aliphatic rings. The Labute approximate surface area is 155 Å². The molecule has 128 valence electrons. The minimum absolute atomic E-state index is 0.00841. The van der Waals surface area contributed by atoms with Crippen molar-refractivity contribution in [3.63, 3.8) is 0 Å². The first-order chi connectivity index (χ1) is 12.0. The summed E-state index contributed by atoms with van der Waals surface area (Å²) in [4.78, 5) is 12.1. The van der Waals surface area contributed by atoms with E-state index in [-0.39, 0.29) is 5.57 Å². The smallest absolute Gasteiger partial charge is 0.263 e. The number of hydrogen-bond donors (Lipinski definition) is 2. The molecule has 0 saturated heterocycles. The number of carbonyl (C=O) groups excluding carboxylic acids is 1. The summed E-state index contributed by atoms with van der Waals surface area (Å²) in [5, 5.41) is 14.9. The van der Waals surface area contributed by atoms with Crippen LogP contribution in [0.4, 0.5) is 5.69 Å². The first-order valence-corrected chi connectivity index (χ1v) is 8.37. The maximum Gasteiger partial charge on any atom is 0.263 e. The zero-order valence-electron chi connectivity index (χ0n) is 14.0. The molecule has 2 rings (SSSR count). The normalized spacial score (nSPS) is 10.7. The molecule has 0 saturated carbocycles. The van der Waals surface area contributed by atoms with Gasteiger partial charge in [0.1, 0.15) is 17.4 Å². The molecule has 0 heterocycles. The lowest BCUT2D eigenvalue weighted by atomic mass is 10.2. The highest BCUT2D eigenvalue weighted by Crippen LogP contribution is 2.20. The molecule has 0 aromatic heterocycles. The van der Waals surface area contributed by atoms with Gasteiger partial charge in [0.05, 0.1) is 7.11 Å². The van der Waals surface area contributed by atoms with Gasteiger partial charge < -0.3 is 15.4 Å². The first kappa shape index (κ1) is 18.6. The summed E-state index contributed by atoms with van der Waals surface area (Å²) >= 11 is 3.43. The average molecular weight is 400 g/mol. The highest BCUT2D eigenvalue weighted by molar-refractivity contribution is 9.10. The summed E-state index contributed by atoms with van der Waals surface area (Å²) in [6.45, 7) is 2.30. The Hall–Kier alpha value is -2.78. The standard InChI is InChI=1S/C19H18BrN3O2/c1-13-9-16(5-8-18(13)20)22-12-15(10-21)19(24)23-11-14-3-6-17(25-2)7-4-14/h3-9,12,22H,11H2,1-2H3,(H,23,24)/b15-12-. The van der Waals surface area contributed by atoms with E-state index in [9.17, 15) is 10.1 Å². The topological polar surface area (TPSA) is 74.1 Å². The molecule has 5 nitrogen and oxygen atoms in total. The fourth-order valence-electron chi connectivity index (χ4n) is 2.06. The minimum atomic E-state index is -0.431. The number of nitriles is 1. The Balaban J connectivity index is 1.97. The molecule has 0 fully saturated rings. The predicted molar refractivity (Wildman–Crippen MR) is 101 cm³/mol. The molecule has 0 aliphatic carbocycles. The van der Waals surface area contributed by atoms with Crippen molar-refractivity contribution in [1.29, 1.82) is 5.26 Å². The summed E-state index contributed by atoms with van der Waals surface area (Å²) in [6, 6.07) is 15.0. The molecule has 6 heteroatoms. The Kier molecular flexibility index (Phi) is 6.61.